The van der Waals surface area contributed by atoms with Crippen molar-refractivity contribution in [2.45, 2.75) is 42.4 Å². The molecule has 0 amide bonds. The Kier molecular flexibility index (Phi) is 2.51. The number of phenols is 1. The molecule has 142 valence electrons. The number of nitrogens with one attached hydrogen (secondary N) is 1. The first kappa shape index (κ1) is 15.4. The van der Waals surface area contributed by atoms with Crippen molar-refractivity contribution in [3.8, 4) is 11.5 Å². The van der Waals surface area contributed by atoms with Gasteiger partial charge in [0, 0.05) is 28.0 Å². The van der Waals surface area contributed by atoms with E-state index in [1.807, 2.05) is 0 Å². The number of nitrogens with two attached hydrogens (primary N) is 1. The maximum atomic E-state index is 10.6. The Morgan fingerprint density at radius 2 is 2.11 bits per heavy atom. The predicted octanol–water partition coefficient (Wildman–Crippen LogP) is 2.76. The summed E-state index contributed by atoms with van der Waals surface area (Å²) in [5.74, 6) is 0.895. The first-order valence-electron chi connectivity index (χ1n) is 10.2. The molecule has 0 radical (unpaired) electrons. The molecule has 2 aliphatic heterocycles. The second-order valence-corrected chi connectivity index (χ2v) is 9.15. The van der Waals surface area contributed by atoms with E-state index < -0.39 is 5.54 Å². The molecule has 1 fully saturated rings. The summed E-state index contributed by atoms with van der Waals surface area (Å²) in [7, 11) is 2.20. The van der Waals surface area contributed by atoms with Crippen molar-refractivity contribution in [1.82, 2.24) is 9.88 Å². The van der Waals surface area contributed by atoms with Gasteiger partial charge in [0.05, 0.1) is 11.1 Å². The number of likely N-dealkylation sites (tertiary alicyclic amines) is 1. The van der Waals surface area contributed by atoms with Crippen molar-refractivity contribution in [1.29, 1.82) is 0 Å². The summed E-state index contributed by atoms with van der Waals surface area (Å²) >= 11 is 0. The number of nitrogens with zero attached hydrogens (tertiary/aromatic N) is 1. The lowest BCUT2D eigenvalue weighted by molar-refractivity contribution is -0.0453. The predicted molar refractivity (Wildman–Crippen MR) is 107 cm³/mol. The minimum absolute atomic E-state index is 0.174. The van der Waals surface area contributed by atoms with Crippen molar-refractivity contribution >= 4 is 10.9 Å². The molecule has 0 unspecified atom stereocenters. The van der Waals surface area contributed by atoms with Crippen LogP contribution in [0.2, 0.25) is 0 Å². The minimum Gasteiger partial charge on any atom is -0.504 e. The van der Waals surface area contributed by atoms with Crippen molar-refractivity contribution in [3.63, 3.8) is 0 Å². The molecule has 28 heavy (non-hydrogen) atoms. The van der Waals surface area contributed by atoms with Gasteiger partial charge in [0.25, 0.3) is 0 Å². The highest BCUT2D eigenvalue weighted by molar-refractivity contribution is 5.86. The highest BCUT2D eigenvalue weighted by Crippen LogP contribution is 2.68. The van der Waals surface area contributed by atoms with Gasteiger partial charge in [-0.3, -0.25) is 0 Å². The van der Waals surface area contributed by atoms with Gasteiger partial charge < -0.3 is 25.5 Å². The summed E-state index contributed by atoms with van der Waals surface area (Å²) in [6, 6.07) is 12.6. The Morgan fingerprint density at radius 1 is 1.25 bits per heavy atom. The van der Waals surface area contributed by atoms with Gasteiger partial charge in [-0.25, -0.2) is 0 Å². The average molecular weight is 373 g/mol. The molecule has 5 heteroatoms. The lowest BCUT2D eigenvalue weighted by Crippen LogP contribution is -2.78. The van der Waals surface area contributed by atoms with Crippen LogP contribution in [0.15, 0.2) is 36.4 Å². The van der Waals surface area contributed by atoms with E-state index >= 15 is 0 Å². The number of rotatable bonds is 0. The van der Waals surface area contributed by atoms with Crippen LogP contribution in [0.3, 0.4) is 0 Å². The van der Waals surface area contributed by atoms with Crippen LogP contribution in [0.25, 0.3) is 10.9 Å². The van der Waals surface area contributed by atoms with E-state index in [0.717, 1.165) is 37.0 Å². The number of aromatic amines is 1. The van der Waals surface area contributed by atoms with Crippen LogP contribution in [-0.4, -0.2) is 40.2 Å². The summed E-state index contributed by atoms with van der Waals surface area (Å²) in [5.41, 5.74) is 12.7. The second kappa shape index (κ2) is 4.56. The van der Waals surface area contributed by atoms with Crippen LogP contribution in [0.5, 0.6) is 11.5 Å². The van der Waals surface area contributed by atoms with Gasteiger partial charge in [-0.2, -0.15) is 0 Å². The van der Waals surface area contributed by atoms with Crippen molar-refractivity contribution in [2.24, 2.45) is 5.73 Å². The number of para-hydroxylation sites is 1. The van der Waals surface area contributed by atoms with Gasteiger partial charge in [0.1, 0.15) is 0 Å². The van der Waals surface area contributed by atoms with Crippen LogP contribution in [0.4, 0.5) is 0 Å². The molecule has 1 saturated heterocycles. The van der Waals surface area contributed by atoms with Gasteiger partial charge in [-0.15, -0.1) is 0 Å². The van der Waals surface area contributed by atoms with Crippen LogP contribution in [0, 0.1) is 0 Å². The van der Waals surface area contributed by atoms with E-state index in [0.29, 0.717) is 5.75 Å². The quantitative estimate of drug-likeness (QED) is 0.566. The Bertz CT molecular complexity index is 1180. The summed E-state index contributed by atoms with van der Waals surface area (Å²) < 4.78 is 6.59. The Balaban J connectivity index is 1.62. The largest absolute Gasteiger partial charge is 0.504 e. The van der Waals surface area contributed by atoms with E-state index in [1.54, 1.807) is 6.07 Å². The Labute approximate surface area is 163 Å². The lowest BCUT2D eigenvalue weighted by Gasteiger charge is -2.63. The number of fused-ring (bicyclic) bond motifs is 4. The Morgan fingerprint density at radius 3 is 3.00 bits per heavy atom. The molecule has 5 nitrogen and oxygen atoms in total. The number of ether oxygens (including phenoxy) is 1. The number of likely N-dealkylation sites (N-methyl/N-ethyl adjacent to an activating group) is 1. The zero-order chi connectivity index (χ0) is 18.8. The van der Waals surface area contributed by atoms with Crippen molar-refractivity contribution < 1.29 is 9.84 Å². The third-order valence-corrected chi connectivity index (χ3v) is 8.16. The molecule has 2 bridgehead atoms. The van der Waals surface area contributed by atoms with Crippen LogP contribution in [-0.2, 0) is 18.3 Å². The first-order valence-corrected chi connectivity index (χ1v) is 10.2. The number of H-pyrrole nitrogens is 1. The van der Waals surface area contributed by atoms with Crippen LogP contribution >= 0.6 is 0 Å². The second-order valence-electron chi connectivity index (χ2n) is 9.15. The van der Waals surface area contributed by atoms with E-state index in [1.165, 1.54) is 22.1 Å². The molecular formula is C23H23N3O2. The van der Waals surface area contributed by atoms with Gasteiger partial charge in [-0.05, 0) is 56.1 Å². The number of hydrogen-bond donors (Lipinski definition) is 3. The zero-order valence-corrected chi connectivity index (χ0v) is 15.8. The molecule has 7 rings (SSSR count). The SMILES string of the molecule is CN1CC[C@]23c4c5ccc(O)c4O[C@H]2c2[nH]c4ccccc4c2C[C@@]3(N)[C@H]1C5. The zero-order valence-electron chi connectivity index (χ0n) is 15.8. The first-order chi connectivity index (χ1) is 13.5. The van der Waals surface area contributed by atoms with E-state index in [9.17, 15) is 5.11 Å². The molecule has 4 atom stereocenters. The molecule has 1 spiro atoms. The third kappa shape index (κ3) is 1.42. The molecule has 0 saturated carbocycles. The molecular weight excluding hydrogens is 350 g/mol. The fraction of sp³-hybridized carbons (Fsp3) is 0.391. The summed E-state index contributed by atoms with van der Waals surface area (Å²) in [6.45, 7) is 0.994. The summed E-state index contributed by atoms with van der Waals surface area (Å²) in [5, 5.41) is 11.9. The number of aromatic nitrogens is 1. The molecule has 4 aliphatic rings. The fourth-order valence-corrected chi connectivity index (χ4v) is 6.96. The molecule has 3 aromatic rings. The maximum absolute atomic E-state index is 10.6. The minimum atomic E-state index is -0.422. The monoisotopic (exact) mass is 373 g/mol. The normalized spacial score (nSPS) is 34.8. The van der Waals surface area contributed by atoms with Crippen molar-refractivity contribution in [2.75, 3.05) is 13.6 Å². The van der Waals surface area contributed by atoms with Gasteiger partial charge in [-0.1, -0.05) is 24.3 Å². The molecule has 2 aromatic carbocycles. The summed E-state index contributed by atoms with van der Waals surface area (Å²) in [6.07, 6.45) is 2.51. The van der Waals surface area contributed by atoms with Crippen LogP contribution in [0.1, 0.15) is 34.9 Å². The molecule has 3 heterocycles. The number of benzene rings is 2. The highest BCUT2D eigenvalue weighted by atomic mass is 16.5. The smallest absolute Gasteiger partial charge is 0.166 e. The van der Waals surface area contributed by atoms with Gasteiger partial charge in [0.2, 0.25) is 0 Å². The third-order valence-electron chi connectivity index (χ3n) is 8.16. The number of phenolic OH excluding ortho intramolecular Hbond substituents is 1. The molecule has 1 aromatic heterocycles. The van der Waals surface area contributed by atoms with E-state index in [4.69, 9.17) is 10.5 Å². The average Bonchev–Trinajstić information content (AvgIpc) is 3.22. The maximum Gasteiger partial charge on any atom is 0.166 e. The highest BCUT2D eigenvalue weighted by Gasteiger charge is 2.71. The standard InChI is InChI=1S/C23H23N3O2/c1-26-9-8-22-18-12-6-7-16(27)20(18)28-21(22)19-14(11-23(22,24)17(26)10-12)13-4-2-3-5-15(13)25-19/h2-7,17,21,25,27H,8-11,24H2,1H3/t17-,21+,22+,23-/m1/s1. The number of hydrogen-bond acceptors (Lipinski definition) is 4. The van der Waals surface area contributed by atoms with E-state index in [2.05, 4.69) is 47.3 Å². The van der Waals surface area contributed by atoms with Gasteiger partial charge in [0.15, 0.2) is 17.6 Å². The topological polar surface area (TPSA) is 74.5 Å². The summed E-state index contributed by atoms with van der Waals surface area (Å²) in [4.78, 5) is 6.10. The molecule has 2 aliphatic carbocycles. The number of piperidine rings is 1. The van der Waals surface area contributed by atoms with Gasteiger partial charge >= 0.3 is 0 Å². The fourth-order valence-electron chi connectivity index (χ4n) is 6.96. The molecule has 4 N–H and O–H groups in total. The van der Waals surface area contributed by atoms with Crippen LogP contribution < -0.4 is 10.5 Å². The Hall–Kier alpha value is -2.50. The van der Waals surface area contributed by atoms with E-state index in [-0.39, 0.29) is 23.3 Å². The number of aromatic hydroxyl groups is 1. The lowest BCUT2D eigenvalue weighted by atomic mass is 9.48. The van der Waals surface area contributed by atoms with Crippen molar-refractivity contribution in [3.05, 3.63) is 58.8 Å².